The monoisotopic (exact) mass is 704 g/mol. The molecule has 0 amide bonds. The molecule has 4 heteroatoms. The average Bonchev–Trinajstić information content (AvgIpc) is 3.22. The molecule has 0 unspecified atom stereocenters. The summed E-state index contributed by atoms with van der Waals surface area (Å²) in [6, 6.07) is 59.3. The van der Waals surface area contributed by atoms with E-state index in [2.05, 4.69) is 181 Å². The SMILES string of the molecule is COc1ccccc1N(c1ccc(C)cc1)c1ccc(/C=C/c2ccc(/C=C/c3ccc(N(c4ccc(C)cc4)c4ccccc4OC)cc3)cc2)cc1. The number of methoxy groups -OCH3 is 2. The van der Waals surface area contributed by atoms with E-state index in [0.29, 0.717) is 0 Å². The fourth-order valence-corrected chi connectivity index (χ4v) is 6.44. The van der Waals surface area contributed by atoms with E-state index in [1.807, 2.05) is 36.4 Å². The van der Waals surface area contributed by atoms with Crippen molar-refractivity contribution in [1.29, 1.82) is 0 Å². The molecule has 0 fully saturated rings. The van der Waals surface area contributed by atoms with Crippen LogP contribution in [-0.2, 0) is 0 Å². The Morgan fingerprint density at radius 3 is 0.889 bits per heavy atom. The van der Waals surface area contributed by atoms with Gasteiger partial charge in [-0.05, 0) is 109 Å². The summed E-state index contributed by atoms with van der Waals surface area (Å²) in [5, 5.41) is 0. The van der Waals surface area contributed by atoms with Crippen LogP contribution >= 0.6 is 0 Å². The lowest BCUT2D eigenvalue weighted by molar-refractivity contribution is 0.416. The van der Waals surface area contributed by atoms with Gasteiger partial charge >= 0.3 is 0 Å². The molecule has 0 saturated carbocycles. The first-order valence-corrected chi connectivity index (χ1v) is 18.1. The van der Waals surface area contributed by atoms with Crippen LogP contribution in [0.25, 0.3) is 24.3 Å². The molecule has 4 nitrogen and oxygen atoms in total. The molecule has 266 valence electrons. The van der Waals surface area contributed by atoms with Crippen molar-refractivity contribution in [1.82, 2.24) is 0 Å². The van der Waals surface area contributed by atoms with Crippen molar-refractivity contribution in [2.75, 3.05) is 24.0 Å². The molecule has 0 spiro atoms. The zero-order valence-electron chi connectivity index (χ0n) is 31.2. The summed E-state index contributed by atoms with van der Waals surface area (Å²) < 4.78 is 11.5. The van der Waals surface area contributed by atoms with Crippen LogP contribution in [-0.4, -0.2) is 14.2 Å². The maximum atomic E-state index is 5.74. The fraction of sp³-hybridized carbons (Fsp3) is 0.0800. The first-order chi connectivity index (χ1) is 26.5. The first kappa shape index (κ1) is 35.6. The molecule has 0 N–H and O–H groups in total. The topological polar surface area (TPSA) is 24.9 Å². The van der Waals surface area contributed by atoms with Gasteiger partial charge < -0.3 is 19.3 Å². The van der Waals surface area contributed by atoms with Crippen LogP contribution in [0.1, 0.15) is 33.4 Å². The number of hydrogen-bond acceptors (Lipinski definition) is 4. The van der Waals surface area contributed by atoms with Gasteiger partial charge in [0.1, 0.15) is 11.5 Å². The number of nitrogens with zero attached hydrogens (tertiary/aromatic N) is 2. The summed E-state index contributed by atoms with van der Waals surface area (Å²) in [6.45, 7) is 4.21. The molecule has 0 radical (unpaired) electrons. The lowest BCUT2D eigenvalue weighted by Crippen LogP contribution is -2.11. The van der Waals surface area contributed by atoms with Gasteiger partial charge in [0, 0.05) is 22.7 Å². The summed E-state index contributed by atoms with van der Waals surface area (Å²) in [5.41, 5.74) is 13.2. The minimum Gasteiger partial charge on any atom is -0.495 e. The van der Waals surface area contributed by atoms with Gasteiger partial charge in [0.05, 0.1) is 25.6 Å². The molecule has 0 aromatic heterocycles. The Morgan fingerprint density at radius 2 is 0.593 bits per heavy atom. The maximum Gasteiger partial charge on any atom is 0.142 e. The summed E-state index contributed by atoms with van der Waals surface area (Å²) >= 11 is 0. The number of aryl methyl sites for hydroxylation is 2. The van der Waals surface area contributed by atoms with E-state index in [1.54, 1.807) is 14.2 Å². The van der Waals surface area contributed by atoms with Gasteiger partial charge in [-0.15, -0.1) is 0 Å². The van der Waals surface area contributed by atoms with E-state index in [-0.39, 0.29) is 0 Å². The maximum absolute atomic E-state index is 5.74. The second-order valence-corrected chi connectivity index (χ2v) is 13.2. The Bertz CT molecular complexity index is 2170. The van der Waals surface area contributed by atoms with Gasteiger partial charge in [0.2, 0.25) is 0 Å². The van der Waals surface area contributed by atoms with Crippen molar-refractivity contribution in [2.24, 2.45) is 0 Å². The molecule has 0 heterocycles. The highest BCUT2D eigenvalue weighted by molar-refractivity contribution is 5.83. The van der Waals surface area contributed by atoms with E-state index in [1.165, 1.54) is 11.1 Å². The minimum atomic E-state index is 0.823. The lowest BCUT2D eigenvalue weighted by atomic mass is 10.1. The molecule has 0 aliphatic carbocycles. The predicted octanol–water partition coefficient (Wildman–Crippen LogP) is 13.6. The Kier molecular flexibility index (Phi) is 11.0. The largest absolute Gasteiger partial charge is 0.495 e. The van der Waals surface area contributed by atoms with Gasteiger partial charge in [-0.25, -0.2) is 0 Å². The molecule has 7 rings (SSSR count). The molecule has 0 saturated heterocycles. The van der Waals surface area contributed by atoms with Crippen LogP contribution in [0.3, 0.4) is 0 Å². The van der Waals surface area contributed by atoms with Gasteiger partial charge in [0.25, 0.3) is 0 Å². The van der Waals surface area contributed by atoms with Crippen molar-refractivity contribution in [3.63, 3.8) is 0 Å². The number of para-hydroxylation sites is 4. The quantitative estimate of drug-likeness (QED) is 0.118. The van der Waals surface area contributed by atoms with Crippen LogP contribution < -0.4 is 19.3 Å². The standard InChI is InChI=1S/C50H44N2O2/c1-37-13-29-43(30-14-37)51(47-9-5-7-11-49(47)53-3)45-33-25-41(26-34-45)23-21-39-17-19-40(20-18-39)22-24-42-27-35-46(36-28-42)52(44-31-15-38(2)16-32-44)48-10-6-8-12-50(48)54-4/h5-36H,1-4H3/b23-21+,24-22+. The van der Waals surface area contributed by atoms with Crippen molar-refractivity contribution in [2.45, 2.75) is 13.8 Å². The summed E-state index contributed by atoms with van der Waals surface area (Å²) in [6.07, 6.45) is 8.61. The zero-order chi connectivity index (χ0) is 37.3. The Balaban J connectivity index is 1.04. The van der Waals surface area contributed by atoms with Crippen LogP contribution in [0.15, 0.2) is 170 Å². The smallest absolute Gasteiger partial charge is 0.142 e. The number of anilines is 6. The molecule has 54 heavy (non-hydrogen) atoms. The second-order valence-electron chi connectivity index (χ2n) is 13.2. The Hall–Kier alpha value is -6.78. The van der Waals surface area contributed by atoms with Gasteiger partial charge in [-0.2, -0.15) is 0 Å². The molecule has 0 bridgehead atoms. The summed E-state index contributed by atoms with van der Waals surface area (Å²) in [7, 11) is 3.43. The lowest BCUT2D eigenvalue weighted by Gasteiger charge is -2.27. The summed E-state index contributed by atoms with van der Waals surface area (Å²) in [4.78, 5) is 4.46. The molecule has 7 aromatic rings. The van der Waals surface area contributed by atoms with Crippen LogP contribution in [0, 0.1) is 13.8 Å². The van der Waals surface area contributed by atoms with Crippen molar-refractivity contribution < 1.29 is 9.47 Å². The number of rotatable bonds is 12. The molecular weight excluding hydrogens is 661 g/mol. The van der Waals surface area contributed by atoms with Crippen molar-refractivity contribution in [3.8, 4) is 11.5 Å². The predicted molar refractivity (Wildman–Crippen MR) is 229 cm³/mol. The highest BCUT2D eigenvalue weighted by Crippen LogP contribution is 2.41. The van der Waals surface area contributed by atoms with E-state index < -0.39 is 0 Å². The molecule has 7 aromatic carbocycles. The molecule has 0 atom stereocenters. The average molecular weight is 705 g/mol. The van der Waals surface area contributed by atoms with Crippen LogP contribution in [0.5, 0.6) is 11.5 Å². The van der Waals surface area contributed by atoms with Crippen molar-refractivity contribution in [3.05, 3.63) is 203 Å². The number of hydrogen-bond donors (Lipinski definition) is 0. The van der Waals surface area contributed by atoms with E-state index in [9.17, 15) is 0 Å². The minimum absolute atomic E-state index is 0.823. The Morgan fingerprint density at radius 1 is 0.333 bits per heavy atom. The third kappa shape index (κ3) is 8.30. The highest BCUT2D eigenvalue weighted by Gasteiger charge is 2.17. The molecule has 0 aliphatic heterocycles. The molecule has 0 aliphatic rings. The van der Waals surface area contributed by atoms with E-state index >= 15 is 0 Å². The number of ether oxygens (including phenoxy) is 2. The van der Waals surface area contributed by atoms with E-state index in [0.717, 1.165) is 67.9 Å². The van der Waals surface area contributed by atoms with Gasteiger partial charge in [0.15, 0.2) is 0 Å². The zero-order valence-corrected chi connectivity index (χ0v) is 31.2. The number of benzene rings is 7. The van der Waals surface area contributed by atoms with Crippen LogP contribution in [0.4, 0.5) is 34.1 Å². The van der Waals surface area contributed by atoms with E-state index in [4.69, 9.17) is 9.47 Å². The van der Waals surface area contributed by atoms with Crippen LogP contribution in [0.2, 0.25) is 0 Å². The third-order valence-corrected chi connectivity index (χ3v) is 9.41. The fourth-order valence-electron chi connectivity index (χ4n) is 6.44. The van der Waals surface area contributed by atoms with Gasteiger partial charge in [-0.3, -0.25) is 0 Å². The van der Waals surface area contributed by atoms with Crippen molar-refractivity contribution >= 4 is 58.4 Å². The second kappa shape index (κ2) is 16.7. The Labute approximate surface area is 319 Å². The molecular formula is C50H44N2O2. The summed E-state index contributed by atoms with van der Waals surface area (Å²) in [5.74, 6) is 1.65. The highest BCUT2D eigenvalue weighted by atomic mass is 16.5. The third-order valence-electron chi connectivity index (χ3n) is 9.41. The normalized spacial score (nSPS) is 11.2. The van der Waals surface area contributed by atoms with Gasteiger partial charge in [-0.1, -0.05) is 132 Å². The first-order valence-electron chi connectivity index (χ1n) is 18.1.